The average molecular weight is 352 g/mol. The van der Waals surface area contributed by atoms with Crippen molar-refractivity contribution in [2.45, 2.75) is 25.6 Å². The van der Waals surface area contributed by atoms with Crippen LogP contribution in [0.25, 0.3) is 11.1 Å². The molecule has 1 aliphatic rings. The molecule has 1 saturated heterocycles. The molecule has 1 aliphatic heterocycles. The van der Waals surface area contributed by atoms with Crippen LogP contribution in [0.1, 0.15) is 18.4 Å². The van der Waals surface area contributed by atoms with E-state index in [4.69, 9.17) is 0 Å². The summed E-state index contributed by atoms with van der Waals surface area (Å²) in [6, 6.07) is 5.86. The van der Waals surface area contributed by atoms with Gasteiger partial charge in [-0.3, -0.25) is 4.79 Å². The first kappa shape index (κ1) is 17.5. The maximum absolute atomic E-state index is 12.7. The first-order valence-corrected chi connectivity index (χ1v) is 8.17. The van der Waals surface area contributed by atoms with Crippen LogP contribution >= 0.6 is 0 Å². The van der Waals surface area contributed by atoms with Crippen LogP contribution < -0.4 is 10.9 Å². The van der Waals surface area contributed by atoms with Gasteiger partial charge in [0.1, 0.15) is 5.75 Å². The molecule has 1 fully saturated rings. The molecule has 2 heterocycles. The van der Waals surface area contributed by atoms with Crippen LogP contribution in [-0.2, 0) is 12.7 Å². The highest BCUT2D eigenvalue weighted by Crippen LogP contribution is 2.35. The van der Waals surface area contributed by atoms with Gasteiger partial charge in [-0.2, -0.15) is 13.2 Å². The fourth-order valence-electron chi connectivity index (χ4n) is 3.16. The van der Waals surface area contributed by atoms with Crippen molar-refractivity contribution in [3.63, 3.8) is 0 Å². The first-order chi connectivity index (χ1) is 11.9. The molecule has 2 aromatic rings. The maximum Gasteiger partial charge on any atom is 0.416 e. The Morgan fingerprint density at radius 3 is 2.52 bits per heavy atom. The lowest BCUT2D eigenvalue weighted by Crippen LogP contribution is -2.32. The van der Waals surface area contributed by atoms with E-state index < -0.39 is 17.5 Å². The third-order valence-corrected chi connectivity index (χ3v) is 4.55. The summed E-state index contributed by atoms with van der Waals surface area (Å²) in [5, 5.41) is 13.3. The zero-order valence-corrected chi connectivity index (χ0v) is 13.5. The number of alkyl halides is 3. The Morgan fingerprint density at radius 1 is 1.16 bits per heavy atom. The quantitative estimate of drug-likeness (QED) is 0.892. The van der Waals surface area contributed by atoms with Crippen molar-refractivity contribution >= 4 is 0 Å². The number of aromatic hydroxyl groups is 1. The summed E-state index contributed by atoms with van der Waals surface area (Å²) in [7, 11) is 0. The molecular weight excluding hydrogens is 333 g/mol. The Labute approximate surface area is 142 Å². The van der Waals surface area contributed by atoms with Gasteiger partial charge in [-0.25, -0.2) is 0 Å². The molecule has 0 aliphatic carbocycles. The van der Waals surface area contributed by atoms with Crippen molar-refractivity contribution < 1.29 is 18.3 Å². The molecule has 1 aromatic carbocycles. The van der Waals surface area contributed by atoms with Crippen molar-refractivity contribution in [2.75, 3.05) is 13.1 Å². The Morgan fingerprint density at radius 2 is 1.88 bits per heavy atom. The number of hydrogen-bond acceptors (Lipinski definition) is 3. The predicted molar refractivity (Wildman–Crippen MR) is 88.4 cm³/mol. The highest BCUT2D eigenvalue weighted by atomic mass is 19.4. The standard InChI is InChI=1S/C18H19F3N2O2/c19-18(20,21)13-3-4-14(16(24)10-13)15-2-1-9-23(17(15)25)11-12-5-7-22-8-6-12/h1-4,9-10,12,22,24H,5-8,11H2. The van der Waals surface area contributed by atoms with Crippen LogP contribution in [0, 0.1) is 5.92 Å². The summed E-state index contributed by atoms with van der Waals surface area (Å²) in [5.41, 5.74) is -0.948. The van der Waals surface area contributed by atoms with E-state index in [1.165, 1.54) is 6.07 Å². The predicted octanol–water partition coefficient (Wildman–Crippen LogP) is 3.24. The van der Waals surface area contributed by atoms with E-state index in [0.29, 0.717) is 18.5 Å². The first-order valence-electron chi connectivity index (χ1n) is 8.17. The third-order valence-electron chi connectivity index (χ3n) is 4.55. The summed E-state index contributed by atoms with van der Waals surface area (Å²) >= 11 is 0. The summed E-state index contributed by atoms with van der Waals surface area (Å²) in [6.07, 6.45) is -0.915. The fraction of sp³-hybridized carbons (Fsp3) is 0.389. The number of pyridine rings is 1. The van der Waals surface area contributed by atoms with E-state index >= 15 is 0 Å². The monoisotopic (exact) mass is 352 g/mol. The highest BCUT2D eigenvalue weighted by molar-refractivity contribution is 5.69. The molecule has 0 amide bonds. The molecular formula is C18H19F3N2O2. The zero-order valence-electron chi connectivity index (χ0n) is 13.5. The SMILES string of the molecule is O=c1c(-c2ccc(C(F)(F)F)cc2O)cccn1CC1CCNCC1. The van der Waals surface area contributed by atoms with Crippen LogP contribution in [0.15, 0.2) is 41.3 Å². The minimum Gasteiger partial charge on any atom is -0.507 e. The van der Waals surface area contributed by atoms with Crippen molar-refractivity contribution in [2.24, 2.45) is 5.92 Å². The number of hydrogen-bond donors (Lipinski definition) is 2. The van der Waals surface area contributed by atoms with Gasteiger partial charge in [0, 0.05) is 18.3 Å². The van der Waals surface area contributed by atoms with Gasteiger partial charge in [0.25, 0.3) is 5.56 Å². The van der Waals surface area contributed by atoms with Crippen molar-refractivity contribution in [3.8, 4) is 16.9 Å². The van der Waals surface area contributed by atoms with Crippen molar-refractivity contribution in [1.82, 2.24) is 9.88 Å². The number of phenols is 1. The van der Waals surface area contributed by atoms with Crippen LogP contribution in [-0.4, -0.2) is 22.8 Å². The molecule has 0 bridgehead atoms. The average Bonchev–Trinajstić information content (AvgIpc) is 2.57. The molecule has 0 unspecified atom stereocenters. The number of nitrogens with one attached hydrogen (secondary N) is 1. The number of halogens is 3. The molecule has 134 valence electrons. The Balaban J connectivity index is 1.93. The molecule has 7 heteroatoms. The molecule has 4 nitrogen and oxygen atoms in total. The van der Waals surface area contributed by atoms with E-state index in [1.807, 2.05) is 0 Å². The van der Waals surface area contributed by atoms with Gasteiger partial charge in [0.05, 0.1) is 11.1 Å². The second-order valence-corrected chi connectivity index (χ2v) is 6.30. The molecule has 0 radical (unpaired) electrons. The number of phenolic OH excluding ortho intramolecular Hbond substituents is 1. The van der Waals surface area contributed by atoms with Crippen LogP contribution in [0.3, 0.4) is 0 Å². The number of aromatic nitrogens is 1. The Kier molecular flexibility index (Phi) is 4.85. The molecule has 0 saturated carbocycles. The summed E-state index contributed by atoms with van der Waals surface area (Å²) in [4.78, 5) is 12.7. The van der Waals surface area contributed by atoms with Gasteiger partial charge in [-0.05, 0) is 62.2 Å². The van der Waals surface area contributed by atoms with Crippen LogP contribution in [0.4, 0.5) is 13.2 Å². The van der Waals surface area contributed by atoms with Gasteiger partial charge in [0.15, 0.2) is 0 Å². The van der Waals surface area contributed by atoms with E-state index in [0.717, 1.165) is 38.1 Å². The highest BCUT2D eigenvalue weighted by Gasteiger charge is 2.31. The minimum absolute atomic E-state index is 0.109. The van der Waals surface area contributed by atoms with E-state index in [2.05, 4.69) is 5.32 Å². The van der Waals surface area contributed by atoms with Gasteiger partial charge < -0.3 is 15.0 Å². The van der Waals surface area contributed by atoms with E-state index in [9.17, 15) is 23.1 Å². The van der Waals surface area contributed by atoms with Crippen molar-refractivity contribution in [3.05, 3.63) is 52.4 Å². The molecule has 25 heavy (non-hydrogen) atoms. The second-order valence-electron chi connectivity index (χ2n) is 6.30. The summed E-state index contributed by atoms with van der Waals surface area (Å²) in [5.74, 6) is -0.165. The molecule has 2 N–H and O–H groups in total. The molecule has 3 rings (SSSR count). The number of nitrogens with zero attached hydrogens (tertiary/aromatic N) is 1. The second kappa shape index (κ2) is 6.92. The van der Waals surface area contributed by atoms with Crippen LogP contribution in [0.2, 0.25) is 0 Å². The van der Waals surface area contributed by atoms with Crippen LogP contribution in [0.5, 0.6) is 5.75 Å². The third kappa shape index (κ3) is 3.87. The summed E-state index contributed by atoms with van der Waals surface area (Å²) < 4.78 is 39.7. The normalized spacial score (nSPS) is 16.1. The number of piperidine rings is 1. The maximum atomic E-state index is 12.7. The fourth-order valence-corrected chi connectivity index (χ4v) is 3.16. The lowest BCUT2D eigenvalue weighted by Gasteiger charge is -2.23. The molecule has 0 spiro atoms. The lowest BCUT2D eigenvalue weighted by molar-refractivity contribution is -0.137. The van der Waals surface area contributed by atoms with Gasteiger partial charge in [-0.15, -0.1) is 0 Å². The Hall–Kier alpha value is -2.28. The Bertz CT molecular complexity index is 809. The largest absolute Gasteiger partial charge is 0.507 e. The van der Waals surface area contributed by atoms with Gasteiger partial charge >= 0.3 is 6.18 Å². The van der Waals surface area contributed by atoms with E-state index in [1.54, 1.807) is 16.8 Å². The summed E-state index contributed by atoms with van der Waals surface area (Å²) in [6.45, 7) is 2.40. The molecule has 0 atom stereocenters. The van der Waals surface area contributed by atoms with Gasteiger partial charge in [-0.1, -0.05) is 0 Å². The minimum atomic E-state index is -4.54. The lowest BCUT2D eigenvalue weighted by atomic mass is 9.98. The van der Waals surface area contributed by atoms with E-state index in [-0.39, 0.29) is 16.7 Å². The number of rotatable bonds is 3. The number of benzene rings is 1. The smallest absolute Gasteiger partial charge is 0.416 e. The molecule has 1 aromatic heterocycles. The van der Waals surface area contributed by atoms with Crippen molar-refractivity contribution in [1.29, 1.82) is 0 Å². The topological polar surface area (TPSA) is 54.3 Å². The van der Waals surface area contributed by atoms with Gasteiger partial charge in [0.2, 0.25) is 0 Å². The zero-order chi connectivity index (χ0) is 18.0.